The number of benzene rings is 1. The molecule has 12 heavy (non-hydrogen) atoms. The van der Waals surface area contributed by atoms with Gasteiger partial charge in [0.1, 0.15) is 0 Å². The second-order valence-electron chi connectivity index (χ2n) is 2.34. The first-order valence-corrected chi connectivity index (χ1v) is 3.52. The zero-order valence-electron chi connectivity index (χ0n) is 6.23. The van der Waals surface area contributed by atoms with Gasteiger partial charge in [-0.2, -0.15) is 5.26 Å². The van der Waals surface area contributed by atoms with Gasteiger partial charge in [0.25, 0.3) is 0 Å². The lowest BCUT2D eigenvalue weighted by Crippen LogP contribution is -2.19. The maximum atomic E-state index is 8.36. The lowest BCUT2D eigenvalue weighted by molar-refractivity contribution is 1.22. The normalized spacial score (nSPS) is 12.4. The summed E-state index contributed by atoms with van der Waals surface area (Å²) in [6, 6.07) is 9.43. The Labute approximate surface area is 69.0 Å². The topological polar surface area (TPSA) is 48.5 Å². The Morgan fingerprint density at radius 1 is 1.17 bits per heavy atom. The van der Waals surface area contributed by atoms with Crippen molar-refractivity contribution >= 4 is 0 Å². The van der Waals surface area contributed by atoms with Crippen LogP contribution < -0.4 is 10.7 Å². The third-order valence-corrected chi connectivity index (χ3v) is 1.55. The highest BCUT2D eigenvalue weighted by molar-refractivity contribution is 5.17. The van der Waals surface area contributed by atoms with Crippen LogP contribution in [0.3, 0.4) is 0 Å². The molecule has 0 unspecified atom stereocenters. The van der Waals surface area contributed by atoms with E-state index < -0.39 is 0 Å². The molecule has 1 aromatic rings. The summed E-state index contributed by atoms with van der Waals surface area (Å²) >= 11 is 0. The van der Waals surface area contributed by atoms with Gasteiger partial charge in [-0.1, -0.05) is 12.1 Å². The Bertz CT molecular complexity index is 454. The third-order valence-electron chi connectivity index (χ3n) is 1.55. The molecule has 56 valence electrons. The zero-order chi connectivity index (χ0) is 8.39. The highest BCUT2D eigenvalue weighted by atomic mass is 15.0. The Hall–Kier alpha value is -1.95. The molecule has 0 aliphatic carbocycles. The first-order valence-electron chi connectivity index (χ1n) is 3.52. The van der Waals surface area contributed by atoms with Gasteiger partial charge >= 0.3 is 0 Å². The van der Waals surface area contributed by atoms with Crippen LogP contribution in [-0.2, 0) is 0 Å². The fraction of sp³-hybridized carbons (Fsp3) is 0. The summed E-state index contributed by atoms with van der Waals surface area (Å²) in [4.78, 5) is 8.23. The summed E-state index contributed by atoms with van der Waals surface area (Å²) < 4.78 is 0. The average molecular weight is 155 g/mol. The number of rotatable bonds is 0. The molecule has 0 radical (unpaired) electrons. The van der Waals surface area contributed by atoms with E-state index in [1.54, 1.807) is 0 Å². The van der Waals surface area contributed by atoms with Crippen LogP contribution in [0.2, 0.25) is 0 Å². The van der Waals surface area contributed by atoms with Gasteiger partial charge in [-0.05, 0) is 12.1 Å². The number of fused-ring (bicyclic) bond motifs is 1. The second kappa shape index (κ2) is 2.59. The standard InChI is InChI=1S/C9H5N3/c10-6-5-9-11-7-3-1-2-4-8(7)12-9/h1-5H. The van der Waals surface area contributed by atoms with E-state index in [2.05, 4.69) is 9.98 Å². The fourth-order valence-corrected chi connectivity index (χ4v) is 1.05. The van der Waals surface area contributed by atoms with E-state index >= 15 is 0 Å². The molecule has 1 aromatic carbocycles. The Kier molecular flexibility index (Phi) is 1.45. The largest absolute Gasteiger partial charge is 0.226 e. The van der Waals surface area contributed by atoms with Crippen molar-refractivity contribution < 1.29 is 0 Å². The predicted octanol–water partition coefficient (Wildman–Crippen LogP) is 0.304. The van der Waals surface area contributed by atoms with Crippen LogP contribution in [0.1, 0.15) is 0 Å². The smallest absolute Gasteiger partial charge is 0.163 e. The SMILES string of the molecule is N#CC=C1N=c2ccccc2=N1. The fourth-order valence-electron chi connectivity index (χ4n) is 1.05. The summed E-state index contributed by atoms with van der Waals surface area (Å²) in [6.45, 7) is 0. The molecule has 0 atom stereocenters. The third kappa shape index (κ3) is 0.995. The number of hydrogen-bond acceptors (Lipinski definition) is 3. The van der Waals surface area contributed by atoms with Crippen molar-refractivity contribution in [2.75, 3.05) is 0 Å². The summed E-state index contributed by atoms with van der Waals surface area (Å²) in [6.07, 6.45) is 1.33. The summed E-state index contributed by atoms with van der Waals surface area (Å²) in [5, 5.41) is 10.0. The maximum Gasteiger partial charge on any atom is 0.163 e. The number of nitriles is 1. The van der Waals surface area contributed by atoms with Crippen LogP contribution >= 0.6 is 0 Å². The van der Waals surface area contributed by atoms with Gasteiger partial charge in [0.05, 0.1) is 22.9 Å². The highest BCUT2D eigenvalue weighted by Crippen LogP contribution is 1.97. The zero-order valence-corrected chi connectivity index (χ0v) is 6.23. The molecule has 0 bridgehead atoms. The second-order valence-corrected chi connectivity index (χ2v) is 2.34. The molecule has 0 spiro atoms. The molecule has 1 aliphatic heterocycles. The van der Waals surface area contributed by atoms with Crippen LogP contribution in [0.15, 0.2) is 46.1 Å². The van der Waals surface area contributed by atoms with E-state index in [9.17, 15) is 0 Å². The van der Waals surface area contributed by atoms with Gasteiger partial charge in [-0.25, -0.2) is 9.98 Å². The molecule has 1 heterocycles. The molecule has 0 amide bonds. The minimum atomic E-state index is 0.485. The Morgan fingerprint density at radius 3 is 2.25 bits per heavy atom. The van der Waals surface area contributed by atoms with Crippen molar-refractivity contribution in [3.8, 4) is 6.07 Å². The summed E-state index contributed by atoms with van der Waals surface area (Å²) in [5.74, 6) is 0.485. The highest BCUT2D eigenvalue weighted by Gasteiger charge is 1.98. The van der Waals surface area contributed by atoms with E-state index in [0.717, 1.165) is 10.7 Å². The van der Waals surface area contributed by atoms with Crippen molar-refractivity contribution in [1.29, 1.82) is 5.26 Å². The minimum absolute atomic E-state index is 0.485. The van der Waals surface area contributed by atoms with Crippen LogP contribution in [0.4, 0.5) is 0 Å². The quantitative estimate of drug-likeness (QED) is 0.497. The monoisotopic (exact) mass is 155 g/mol. The molecule has 0 saturated heterocycles. The molecule has 0 N–H and O–H groups in total. The first kappa shape index (κ1) is 6.74. The molecule has 0 saturated carbocycles. The predicted molar refractivity (Wildman–Crippen MR) is 42.5 cm³/mol. The number of nitrogens with zero attached hydrogens (tertiary/aromatic N) is 3. The molecule has 0 aromatic heterocycles. The average Bonchev–Trinajstić information content (AvgIpc) is 2.47. The number of para-hydroxylation sites is 2. The molecular weight excluding hydrogens is 150 g/mol. The van der Waals surface area contributed by atoms with Gasteiger partial charge in [0.2, 0.25) is 0 Å². The molecular formula is C9H5N3. The molecule has 0 fully saturated rings. The van der Waals surface area contributed by atoms with E-state index in [0.29, 0.717) is 5.82 Å². The lowest BCUT2D eigenvalue weighted by Gasteiger charge is -1.77. The van der Waals surface area contributed by atoms with Crippen LogP contribution in [0.25, 0.3) is 0 Å². The van der Waals surface area contributed by atoms with Crippen molar-refractivity contribution in [2.24, 2.45) is 9.98 Å². The Morgan fingerprint density at radius 2 is 1.75 bits per heavy atom. The van der Waals surface area contributed by atoms with E-state index in [4.69, 9.17) is 5.26 Å². The van der Waals surface area contributed by atoms with E-state index in [-0.39, 0.29) is 0 Å². The lowest BCUT2D eigenvalue weighted by atomic mass is 10.3. The van der Waals surface area contributed by atoms with Gasteiger partial charge < -0.3 is 0 Å². The van der Waals surface area contributed by atoms with Crippen molar-refractivity contribution in [1.82, 2.24) is 0 Å². The van der Waals surface area contributed by atoms with E-state index in [1.165, 1.54) is 6.08 Å². The van der Waals surface area contributed by atoms with E-state index in [1.807, 2.05) is 30.3 Å². The van der Waals surface area contributed by atoms with Crippen LogP contribution in [0, 0.1) is 11.3 Å². The van der Waals surface area contributed by atoms with Crippen LogP contribution in [0.5, 0.6) is 0 Å². The van der Waals surface area contributed by atoms with Gasteiger partial charge in [-0.3, -0.25) is 0 Å². The molecule has 1 aliphatic rings. The van der Waals surface area contributed by atoms with Crippen LogP contribution in [-0.4, -0.2) is 0 Å². The molecule has 3 heteroatoms. The van der Waals surface area contributed by atoms with Gasteiger partial charge in [0.15, 0.2) is 5.82 Å². The number of hydrogen-bond donors (Lipinski definition) is 0. The van der Waals surface area contributed by atoms with Crippen molar-refractivity contribution in [2.45, 2.75) is 0 Å². The molecule has 3 nitrogen and oxygen atoms in total. The van der Waals surface area contributed by atoms with Gasteiger partial charge in [-0.15, -0.1) is 0 Å². The summed E-state index contributed by atoms with van der Waals surface area (Å²) in [7, 11) is 0. The maximum absolute atomic E-state index is 8.36. The number of allylic oxidation sites excluding steroid dienone is 1. The molecule has 2 rings (SSSR count). The van der Waals surface area contributed by atoms with Crippen molar-refractivity contribution in [3.05, 3.63) is 46.9 Å². The minimum Gasteiger partial charge on any atom is -0.226 e. The Balaban J connectivity index is 2.70. The summed E-state index contributed by atoms with van der Waals surface area (Å²) in [5.41, 5.74) is 0. The van der Waals surface area contributed by atoms with Gasteiger partial charge in [0, 0.05) is 0 Å². The first-order chi connectivity index (χ1) is 5.90. The van der Waals surface area contributed by atoms with Crippen molar-refractivity contribution in [3.63, 3.8) is 0 Å².